The molecule has 0 radical (unpaired) electrons. The van der Waals surface area contributed by atoms with Crippen LogP contribution in [0.5, 0.6) is 11.5 Å². The van der Waals surface area contributed by atoms with Crippen molar-refractivity contribution in [2.75, 3.05) is 6.79 Å². The third-order valence-corrected chi connectivity index (χ3v) is 4.38. The topological polar surface area (TPSA) is 86.0 Å². The molecule has 0 bridgehead atoms. The van der Waals surface area contributed by atoms with Gasteiger partial charge in [0.05, 0.1) is 5.71 Å². The number of hydrogen-bond donors (Lipinski definition) is 1. The molecule has 4 rings (SSSR count). The molecule has 7 nitrogen and oxygen atoms in total. The number of hydrogen-bond acceptors (Lipinski definition) is 6. The minimum atomic E-state index is -0.376. The van der Waals surface area contributed by atoms with Crippen molar-refractivity contribution in [3.05, 3.63) is 71.5 Å². The Morgan fingerprint density at radius 1 is 1.14 bits per heavy atom. The van der Waals surface area contributed by atoms with Crippen molar-refractivity contribution >= 4 is 17.7 Å². The fourth-order valence-corrected chi connectivity index (χ4v) is 2.90. The third kappa shape index (κ3) is 4.03. The van der Waals surface area contributed by atoms with Crippen molar-refractivity contribution in [3.8, 4) is 22.8 Å². The Bertz CT molecular complexity index is 1100. The van der Waals surface area contributed by atoms with E-state index in [9.17, 15) is 4.79 Å². The zero-order chi connectivity index (χ0) is 20.2. The van der Waals surface area contributed by atoms with Crippen molar-refractivity contribution < 1.29 is 18.8 Å². The summed E-state index contributed by atoms with van der Waals surface area (Å²) in [5.74, 6) is 1.51. The number of rotatable bonds is 5. The van der Waals surface area contributed by atoms with Gasteiger partial charge in [0.15, 0.2) is 11.5 Å². The maximum atomic E-state index is 12.7. The molecule has 1 aliphatic heterocycles. The summed E-state index contributed by atoms with van der Waals surface area (Å²) in [5.41, 5.74) is 5.80. The van der Waals surface area contributed by atoms with Crippen LogP contribution in [0.4, 0.5) is 0 Å². The van der Waals surface area contributed by atoms with Crippen LogP contribution in [0.3, 0.4) is 0 Å². The van der Waals surface area contributed by atoms with Crippen LogP contribution in [0.2, 0.25) is 0 Å². The molecular weight excluding hydrogens is 370 g/mol. The van der Waals surface area contributed by atoms with Crippen molar-refractivity contribution in [1.29, 1.82) is 0 Å². The van der Waals surface area contributed by atoms with Gasteiger partial charge >= 0.3 is 0 Å². The number of amides is 1. The molecule has 0 saturated carbocycles. The van der Waals surface area contributed by atoms with Crippen LogP contribution >= 0.6 is 0 Å². The van der Waals surface area contributed by atoms with Gasteiger partial charge in [-0.25, -0.2) is 5.43 Å². The molecule has 1 amide bonds. The maximum absolute atomic E-state index is 12.7. The van der Waals surface area contributed by atoms with Crippen LogP contribution in [-0.4, -0.2) is 23.6 Å². The number of hydrazone groups is 1. The van der Waals surface area contributed by atoms with E-state index in [0.717, 1.165) is 16.9 Å². The maximum Gasteiger partial charge on any atom is 0.277 e. The molecule has 2 aromatic carbocycles. The summed E-state index contributed by atoms with van der Waals surface area (Å²) in [5, 5.41) is 8.17. The second-order valence-corrected chi connectivity index (χ2v) is 6.47. The highest BCUT2D eigenvalue weighted by Gasteiger charge is 2.21. The number of ether oxygens (including phenoxy) is 2. The average molecular weight is 389 g/mol. The van der Waals surface area contributed by atoms with Gasteiger partial charge in [-0.1, -0.05) is 47.6 Å². The molecule has 1 N–H and O–H groups in total. The Kier molecular flexibility index (Phi) is 5.11. The molecule has 0 unspecified atom stereocenters. The first-order valence-electron chi connectivity index (χ1n) is 9.06. The van der Waals surface area contributed by atoms with E-state index in [-0.39, 0.29) is 12.7 Å². The molecular formula is C22H19N3O4. The first kappa shape index (κ1) is 18.5. The fourth-order valence-electron chi connectivity index (χ4n) is 2.90. The summed E-state index contributed by atoms with van der Waals surface area (Å²) in [4.78, 5) is 12.7. The predicted molar refractivity (Wildman–Crippen MR) is 109 cm³/mol. The van der Waals surface area contributed by atoms with E-state index < -0.39 is 0 Å². The monoisotopic (exact) mass is 389 g/mol. The Labute approximate surface area is 167 Å². The van der Waals surface area contributed by atoms with Gasteiger partial charge in [-0.15, -0.1) is 0 Å². The minimum absolute atomic E-state index is 0.238. The SMILES string of the molecule is CC(/C=C/c1ccc2c(c1)OCO2)=N\NC(=O)c1c(-c2ccccc2)noc1C. The highest BCUT2D eigenvalue weighted by atomic mass is 16.7. The van der Waals surface area contributed by atoms with Gasteiger partial charge in [-0.2, -0.15) is 5.10 Å². The van der Waals surface area contributed by atoms with E-state index in [1.807, 2.05) is 54.6 Å². The normalized spacial score (nSPS) is 13.1. The molecule has 1 aliphatic rings. The lowest BCUT2D eigenvalue weighted by Gasteiger charge is -2.02. The molecule has 1 aromatic heterocycles. The fraction of sp³-hybridized carbons (Fsp3) is 0.136. The molecule has 0 aliphatic carbocycles. The third-order valence-electron chi connectivity index (χ3n) is 4.38. The number of fused-ring (bicyclic) bond motifs is 1. The summed E-state index contributed by atoms with van der Waals surface area (Å²) < 4.78 is 15.9. The zero-order valence-electron chi connectivity index (χ0n) is 16.0. The largest absolute Gasteiger partial charge is 0.454 e. The number of allylic oxidation sites excluding steroid dienone is 1. The standard InChI is InChI=1S/C22H19N3O4/c1-14(8-9-16-10-11-18-19(12-16)28-13-27-18)23-24-22(26)20-15(2)29-25-21(20)17-6-4-3-5-7-17/h3-12H,13H2,1-2H3,(H,24,26)/b9-8+,23-14+. The summed E-state index contributed by atoms with van der Waals surface area (Å²) in [7, 11) is 0. The molecule has 7 heteroatoms. The number of nitrogens with zero attached hydrogens (tertiary/aromatic N) is 2. The summed E-state index contributed by atoms with van der Waals surface area (Å²) in [6.07, 6.45) is 3.68. The van der Waals surface area contributed by atoms with Crippen molar-refractivity contribution in [1.82, 2.24) is 10.6 Å². The van der Waals surface area contributed by atoms with Gasteiger partial charge in [-0.3, -0.25) is 4.79 Å². The number of aromatic nitrogens is 1. The molecule has 29 heavy (non-hydrogen) atoms. The summed E-state index contributed by atoms with van der Waals surface area (Å²) in [6, 6.07) is 15.1. The Hall–Kier alpha value is -3.87. The van der Waals surface area contributed by atoms with E-state index in [2.05, 4.69) is 15.7 Å². The van der Waals surface area contributed by atoms with Gasteiger partial charge in [-0.05, 0) is 37.6 Å². The summed E-state index contributed by atoms with van der Waals surface area (Å²) in [6.45, 7) is 3.73. The van der Waals surface area contributed by atoms with E-state index in [1.54, 1.807) is 19.9 Å². The molecule has 0 fully saturated rings. The molecule has 2 heterocycles. The van der Waals surface area contributed by atoms with Gasteiger partial charge in [0.2, 0.25) is 6.79 Å². The molecule has 146 valence electrons. The van der Waals surface area contributed by atoms with Crippen LogP contribution in [-0.2, 0) is 0 Å². The number of carbonyl (C=O) groups excluding carboxylic acids is 1. The van der Waals surface area contributed by atoms with E-state index >= 15 is 0 Å². The average Bonchev–Trinajstić information content (AvgIpc) is 3.37. The van der Waals surface area contributed by atoms with Crippen LogP contribution in [0.25, 0.3) is 17.3 Å². The van der Waals surface area contributed by atoms with E-state index in [0.29, 0.717) is 28.5 Å². The van der Waals surface area contributed by atoms with Crippen LogP contribution < -0.4 is 14.9 Å². The smallest absolute Gasteiger partial charge is 0.277 e. The molecule has 0 spiro atoms. The minimum Gasteiger partial charge on any atom is -0.454 e. The van der Waals surface area contributed by atoms with Gasteiger partial charge < -0.3 is 14.0 Å². The quantitative estimate of drug-likeness (QED) is 0.522. The number of carbonyl (C=O) groups is 1. The molecule has 3 aromatic rings. The molecule has 0 saturated heterocycles. The van der Waals surface area contributed by atoms with Crippen molar-refractivity contribution in [3.63, 3.8) is 0 Å². The lowest BCUT2D eigenvalue weighted by Crippen LogP contribution is -2.19. The Morgan fingerprint density at radius 3 is 2.76 bits per heavy atom. The first-order valence-corrected chi connectivity index (χ1v) is 9.06. The van der Waals surface area contributed by atoms with Gasteiger partial charge in [0.1, 0.15) is 17.0 Å². The Morgan fingerprint density at radius 2 is 1.93 bits per heavy atom. The predicted octanol–water partition coefficient (Wildman–Crippen LogP) is 4.20. The zero-order valence-corrected chi connectivity index (χ0v) is 16.0. The number of aryl methyl sites for hydroxylation is 1. The van der Waals surface area contributed by atoms with Crippen molar-refractivity contribution in [2.45, 2.75) is 13.8 Å². The van der Waals surface area contributed by atoms with E-state index in [4.69, 9.17) is 14.0 Å². The Balaban J connectivity index is 1.46. The van der Waals surface area contributed by atoms with Gasteiger partial charge in [0, 0.05) is 5.56 Å². The van der Waals surface area contributed by atoms with Crippen LogP contribution in [0.1, 0.15) is 28.6 Å². The first-order chi connectivity index (χ1) is 14.1. The highest BCUT2D eigenvalue weighted by molar-refractivity contribution is 6.02. The number of benzene rings is 2. The van der Waals surface area contributed by atoms with E-state index in [1.165, 1.54) is 0 Å². The van der Waals surface area contributed by atoms with Crippen LogP contribution in [0.15, 0.2) is 64.2 Å². The summed E-state index contributed by atoms with van der Waals surface area (Å²) >= 11 is 0. The number of nitrogens with one attached hydrogen (secondary N) is 1. The second-order valence-electron chi connectivity index (χ2n) is 6.47. The van der Waals surface area contributed by atoms with Gasteiger partial charge in [0.25, 0.3) is 5.91 Å². The second kappa shape index (κ2) is 8.02. The highest BCUT2D eigenvalue weighted by Crippen LogP contribution is 2.32. The molecule has 0 atom stereocenters. The van der Waals surface area contributed by atoms with Crippen LogP contribution in [0, 0.1) is 6.92 Å². The lowest BCUT2D eigenvalue weighted by molar-refractivity contribution is 0.0954. The lowest BCUT2D eigenvalue weighted by atomic mass is 10.1. The van der Waals surface area contributed by atoms with Crippen molar-refractivity contribution in [2.24, 2.45) is 5.10 Å².